The molecule has 5 heteroatoms. The van der Waals surface area contributed by atoms with Crippen LogP contribution in [0.5, 0.6) is 0 Å². The number of amides is 1. The van der Waals surface area contributed by atoms with Crippen molar-refractivity contribution in [1.82, 2.24) is 0 Å². The van der Waals surface area contributed by atoms with Gasteiger partial charge < -0.3 is 10.1 Å². The second-order valence-electron chi connectivity index (χ2n) is 5.25. The van der Waals surface area contributed by atoms with Gasteiger partial charge in [0.25, 0.3) is 5.91 Å². The van der Waals surface area contributed by atoms with Crippen molar-refractivity contribution in [2.45, 2.75) is 19.4 Å². The van der Waals surface area contributed by atoms with Crippen molar-refractivity contribution in [1.29, 1.82) is 0 Å². The summed E-state index contributed by atoms with van der Waals surface area (Å²) in [5.74, 6) is -1.30. The standard InChI is InChI=1S/C17H14FNO3/c1-10-2-3-11-9-15(22-17(21)14(11)8-10)16(20)19-13-6-4-12(18)5-7-13/h2-8,15H,9H2,1H3,(H,19,20)/t15-/m1/s1. The predicted molar refractivity (Wildman–Crippen MR) is 79.1 cm³/mol. The van der Waals surface area contributed by atoms with Crippen LogP contribution in [0.1, 0.15) is 21.5 Å². The van der Waals surface area contributed by atoms with Crippen LogP contribution in [0.4, 0.5) is 10.1 Å². The molecule has 2 aromatic rings. The first-order valence-corrected chi connectivity index (χ1v) is 6.90. The van der Waals surface area contributed by atoms with Gasteiger partial charge in [0, 0.05) is 12.1 Å². The van der Waals surface area contributed by atoms with Crippen LogP contribution < -0.4 is 5.32 Å². The van der Waals surface area contributed by atoms with Gasteiger partial charge in [-0.2, -0.15) is 0 Å². The summed E-state index contributed by atoms with van der Waals surface area (Å²) in [5.41, 5.74) is 2.72. The molecule has 0 bridgehead atoms. The Bertz CT molecular complexity index is 740. The average Bonchev–Trinajstić information content (AvgIpc) is 2.50. The lowest BCUT2D eigenvalue weighted by Crippen LogP contribution is -2.38. The highest BCUT2D eigenvalue weighted by molar-refractivity contribution is 6.00. The number of anilines is 1. The van der Waals surface area contributed by atoms with Crippen molar-refractivity contribution in [3.63, 3.8) is 0 Å². The van der Waals surface area contributed by atoms with Crippen molar-refractivity contribution in [2.75, 3.05) is 5.32 Å². The first kappa shape index (κ1) is 14.3. The maximum absolute atomic E-state index is 12.8. The summed E-state index contributed by atoms with van der Waals surface area (Å²) >= 11 is 0. The number of fused-ring (bicyclic) bond motifs is 1. The molecule has 4 nitrogen and oxygen atoms in total. The molecule has 22 heavy (non-hydrogen) atoms. The summed E-state index contributed by atoms with van der Waals surface area (Å²) in [6.45, 7) is 1.89. The van der Waals surface area contributed by atoms with Gasteiger partial charge in [0.1, 0.15) is 5.82 Å². The van der Waals surface area contributed by atoms with Crippen molar-refractivity contribution >= 4 is 17.6 Å². The molecule has 2 aromatic carbocycles. The van der Waals surface area contributed by atoms with E-state index in [1.54, 1.807) is 6.07 Å². The zero-order valence-electron chi connectivity index (χ0n) is 11.9. The lowest BCUT2D eigenvalue weighted by molar-refractivity contribution is -0.125. The highest BCUT2D eigenvalue weighted by Crippen LogP contribution is 2.23. The Morgan fingerprint density at radius 3 is 2.68 bits per heavy atom. The summed E-state index contributed by atoms with van der Waals surface area (Å²) in [6.07, 6.45) is -0.554. The third-order valence-corrected chi connectivity index (χ3v) is 3.54. The molecule has 0 saturated carbocycles. The van der Waals surface area contributed by atoms with Gasteiger partial charge in [-0.3, -0.25) is 4.79 Å². The molecule has 0 aliphatic carbocycles. The zero-order valence-corrected chi connectivity index (χ0v) is 11.9. The van der Waals surface area contributed by atoms with Crippen molar-refractivity contribution in [3.8, 4) is 0 Å². The number of ether oxygens (including phenoxy) is 1. The molecule has 1 amide bonds. The van der Waals surface area contributed by atoms with Gasteiger partial charge in [-0.15, -0.1) is 0 Å². The number of cyclic esters (lactones) is 1. The van der Waals surface area contributed by atoms with Gasteiger partial charge in [-0.05, 0) is 42.8 Å². The normalized spacial score (nSPS) is 16.6. The van der Waals surface area contributed by atoms with E-state index in [-0.39, 0.29) is 5.82 Å². The van der Waals surface area contributed by atoms with E-state index in [1.807, 2.05) is 19.1 Å². The molecule has 0 fully saturated rings. The van der Waals surface area contributed by atoms with E-state index < -0.39 is 18.0 Å². The fourth-order valence-electron chi connectivity index (χ4n) is 2.39. The molecule has 1 aliphatic rings. The smallest absolute Gasteiger partial charge is 0.339 e. The third-order valence-electron chi connectivity index (χ3n) is 3.54. The van der Waals surface area contributed by atoms with Crippen LogP contribution in [0.2, 0.25) is 0 Å². The minimum Gasteiger partial charge on any atom is -0.448 e. The lowest BCUT2D eigenvalue weighted by Gasteiger charge is -2.24. The van der Waals surface area contributed by atoms with Crippen molar-refractivity contribution in [3.05, 3.63) is 65.0 Å². The van der Waals surface area contributed by atoms with Crippen LogP contribution in [0, 0.1) is 12.7 Å². The number of rotatable bonds is 2. The molecule has 1 heterocycles. The minimum atomic E-state index is -0.882. The Labute approximate surface area is 126 Å². The number of aryl methyl sites for hydroxylation is 1. The van der Waals surface area contributed by atoms with Gasteiger partial charge in [-0.1, -0.05) is 17.7 Å². The topological polar surface area (TPSA) is 55.4 Å². The fraction of sp³-hybridized carbons (Fsp3) is 0.176. The van der Waals surface area contributed by atoms with Crippen LogP contribution in [0.3, 0.4) is 0 Å². The Balaban J connectivity index is 1.76. The number of nitrogens with one attached hydrogen (secondary N) is 1. The van der Waals surface area contributed by atoms with E-state index in [0.717, 1.165) is 11.1 Å². The summed E-state index contributed by atoms with van der Waals surface area (Å²) in [5, 5.41) is 2.62. The summed E-state index contributed by atoms with van der Waals surface area (Å²) in [4.78, 5) is 24.2. The van der Waals surface area contributed by atoms with E-state index >= 15 is 0 Å². The van der Waals surface area contributed by atoms with Crippen LogP contribution in [-0.4, -0.2) is 18.0 Å². The second kappa shape index (κ2) is 5.60. The molecule has 0 saturated heterocycles. The number of esters is 1. The molecular formula is C17H14FNO3. The molecule has 1 atom stereocenters. The molecule has 3 rings (SSSR count). The van der Waals surface area contributed by atoms with Crippen LogP contribution in [0.15, 0.2) is 42.5 Å². The number of hydrogen-bond donors (Lipinski definition) is 1. The predicted octanol–water partition coefficient (Wildman–Crippen LogP) is 2.85. The van der Waals surface area contributed by atoms with E-state index in [2.05, 4.69) is 5.32 Å². The molecule has 0 radical (unpaired) electrons. The molecule has 1 aliphatic heterocycles. The molecule has 112 valence electrons. The van der Waals surface area contributed by atoms with Crippen LogP contribution >= 0.6 is 0 Å². The molecule has 0 spiro atoms. The maximum atomic E-state index is 12.8. The Morgan fingerprint density at radius 2 is 1.95 bits per heavy atom. The Kier molecular flexibility index (Phi) is 3.63. The monoisotopic (exact) mass is 299 g/mol. The van der Waals surface area contributed by atoms with Gasteiger partial charge in [-0.25, -0.2) is 9.18 Å². The highest BCUT2D eigenvalue weighted by atomic mass is 19.1. The summed E-state index contributed by atoms with van der Waals surface area (Å²) < 4.78 is 18.0. The average molecular weight is 299 g/mol. The quantitative estimate of drug-likeness (QED) is 0.868. The van der Waals surface area contributed by atoms with Gasteiger partial charge in [0.05, 0.1) is 5.56 Å². The first-order valence-electron chi connectivity index (χ1n) is 6.90. The van der Waals surface area contributed by atoms with Gasteiger partial charge in [0.15, 0.2) is 6.10 Å². The van der Waals surface area contributed by atoms with Gasteiger partial charge >= 0.3 is 5.97 Å². The van der Waals surface area contributed by atoms with E-state index in [9.17, 15) is 14.0 Å². The second-order valence-corrected chi connectivity index (χ2v) is 5.25. The van der Waals surface area contributed by atoms with E-state index in [1.165, 1.54) is 24.3 Å². The first-order chi connectivity index (χ1) is 10.5. The Morgan fingerprint density at radius 1 is 1.23 bits per heavy atom. The van der Waals surface area contributed by atoms with Crippen LogP contribution in [0.25, 0.3) is 0 Å². The zero-order chi connectivity index (χ0) is 15.7. The molecular weight excluding hydrogens is 285 g/mol. The SMILES string of the molecule is Cc1ccc2c(c1)C(=O)O[C@@H](C(=O)Nc1ccc(F)cc1)C2. The summed E-state index contributed by atoms with van der Waals surface area (Å²) in [6, 6.07) is 10.9. The fourth-order valence-corrected chi connectivity index (χ4v) is 2.39. The highest BCUT2D eigenvalue weighted by Gasteiger charge is 2.31. The lowest BCUT2D eigenvalue weighted by atomic mass is 9.96. The maximum Gasteiger partial charge on any atom is 0.339 e. The van der Waals surface area contributed by atoms with Crippen LogP contribution in [-0.2, 0) is 16.0 Å². The minimum absolute atomic E-state index is 0.328. The van der Waals surface area contributed by atoms with E-state index in [4.69, 9.17) is 4.74 Å². The van der Waals surface area contributed by atoms with Crippen molar-refractivity contribution in [2.24, 2.45) is 0 Å². The number of carbonyl (C=O) groups is 2. The van der Waals surface area contributed by atoms with Crippen molar-refractivity contribution < 1.29 is 18.7 Å². The van der Waals surface area contributed by atoms with Gasteiger partial charge in [0.2, 0.25) is 0 Å². The molecule has 0 aromatic heterocycles. The molecule has 1 N–H and O–H groups in total. The number of halogens is 1. The number of benzene rings is 2. The summed E-state index contributed by atoms with van der Waals surface area (Å²) in [7, 11) is 0. The number of hydrogen-bond acceptors (Lipinski definition) is 3. The van der Waals surface area contributed by atoms with E-state index in [0.29, 0.717) is 17.7 Å². The third kappa shape index (κ3) is 2.83. The largest absolute Gasteiger partial charge is 0.448 e. The molecule has 0 unspecified atom stereocenters. The Hall–Kier alpha value is -2.69. The number of carbonyl (C=O) groups excluding carboxylic acids is 2.